The summed E-state index contributed by atoms with van der Waals surface area (Å²) in [6, 6.07) is 11.1. The number of hydrogen-bond donors (Lipinski definition) is 0. The van der Waals surface area contributed by atoms with Crippen LogP contribution in [0.3, 0.4) is 0 Å². The lowest BCUT2D eigenvalue weighted by Gasteiger charge is -2.23. The lowest BCUT2D eigenvalue weighted by atomic mass is 10.2. The lowest BCUT2D eigenvalue weighted by molar-refractivity contribution is -0.127. The van der Waals surface area contributed by atoms with E-state index in [1.165, 1.54) is 11.3 Å². The minimum Gasteiger partial charge on any atom is -0.485 e. The topological polar surface area (TPSA) is 52.8 Å². The second kappa shape index (κ2) is 6.20. The molecule has 0 bridgehead atoms. The highest BCUT2D eigenvalue weighted by Crippen LogP contribution is 2.31. The number of rotatable bonds is 1. The van der Waals surface area contributed by atoms with E-state index in [0.717, 1.165) is 15.8 Å². The normalized spacial score (nSPS) is 17.1. The Hall–Kier alpha value is -2.31. The van der Waals surface area contributed by atoms with Gasteiger partial charge in [-0.3, -0.25) is 4.79 Å². The van der Waals surface area contributed by atoms with Crippen LogP contribution in [0.15, 0.2) is 41.4 Å². The Morgan fingerprint density at radius 1 is 1.32 bits per heavy atom. The number of aromatic nitrogens is 1. The Balaban J connectivity index is 1.70. The second-order valence-corrected chi connectivity index (χ2v) is 7.27. The van der Waals surface area contributed by atoms with E-state index in [9.17, 15) is 4.79 Å². The highest BCUT2D eigenvalue weighted by atomic mass is 35.5. The van der Waals surface area contributed by atoms with Crippen LogP contribution in [0.1, 0.15) is 5.56 Å². The van der Waals surface area contributed by atoms with Crippen LogP contribution in [0, 0.1) is 6.92 Å². The Morgan fingerprint density at radius 2 is 2.08 bits per heavy atom. The van der Waals surface area contributed by atoms with Gasteiger partial charge in [-0.1, -0.05) is 35.1 Å². The SMILES string of the molecule is Cc1cc(Cl)cc2sc(=NC(=O)[C@H]3COc4ccccc4O3)n(C)c12. The van der Waals surface area contributed by atoms with Crippen LogP contribution in [0.2, 0.25) is 5.02 Å². The number of aryl methyl sites for hydroxylation is 2. The first kappa shape index (κ1) is 16.2. The minimum atomic E-state index is -0.746. The number of carbonyl (C=O) groups excluding carboxylic acids is 1. The molecule has 5 nitrogen and oxygen atoms in total. The molecule has 4 rings (SSSR count). The number of ether oxygens (including phenoxy) is 2. The van der Waals surface area contributed by atoms with Crippen molar-refractivity contribution in [1.29, 1.82) is 0 Å². The third-order valence-corrected chi connectivity index (χ3v) is 5.34. The molecule has 0 aliphatic carbocycles. The van der Waals surface area contributed by atoms with Crippen LogP contribution < -0.4 is 14.3 Å². The first-order valence-electron chi connectivity index (χ1n) is 7.75. The van der Waals surface area contributed by atoms with E-state index in [1.54, 1.807) is 6.07 Å². The lowest BCUT2D eigenvalue weighted by Crippen LogP contribution is -2.36. The van der Waals surface area contributed by atoms with Gasteiger partial charge in [-0.15, -0.1) is 0 Å². The summed E-state index contributed by atoms with van der Waals surface area (Å²) in [6.45, 7) is 2.14. The maximum absolute atomic E-state index is 12.6. The van der Waals surface area contributed by atoms with Crippen molar-refractivity contribution in [2.24, 2.45) is 12.0 Å². The van der Waals surface area contributed by atoms with Gasteiger partial charge in [0.15, 0.2) is 16.3 Å². The van der Waals surface area contributed by atoms with Crippen molar-refractivity contribution in [2.45, 2.75) is 13.0 Å². The van der Waals surface area contributed by atoms with E-state index < -0.39 is 6.10 Å². The van der Waals surface area contributed by atoms with Crippen LogP contribution in [0.4, 0.5) is 0 Å². The van der Waals surface area contributed by atoms with E-state index in [4.69, 9.17) is 21.1 Å². The fourth-order valence-corrected chi connectivity index (χ4v) is 4.36. The van der Waals surface area contributed by atoms with Gasteiger partial charge >= 0.3 is 0 Å². The van der Waals surface area contributed by atoms with Gasteiger partial charge in [0.05, 0.1) is 10.2 Å². The number of amides is 1. The zero-order valence-electron chi connectivity index (χ0n) is 13.7. The first-order valence-corrected chi connectivity index (χ1v) is 8.95. The highest BCUT2D eigenvalue weighted by molar-refractivity contribution is 7.16. The number of nitrogens with zero attached hydrogens (tertiary/aromatic N) is 2. The third kappa shape index (κ3) is 2.92. The van der Waals surface area contributed by atoms with Crippen molar-refractivity contribution in [3.63, 3.8) is 0 Å². The number of benzene rings is 2. The quantitative estimate of drug-likeness (QED) is 0.655. The van der Waals surface area contributed by atoms with Crippen molar-refractivity contribution in [3.8, 4) is 11.5 Å². The third-order valence-electron chi connectivity index (χ3n) is 4.04. The van der Waals surface area contributed by atoms with Crippen molar-refractivity contribution in [1.82, 2.24) is 4.57 Å². The predicted molar refractivity (Wildman–Crippen MR) is 97.5 cm³/mol. The van der Waals surface area contributed by atoms with E-state index in [0.29, 0.717) is 21.3 Å². The monoisotopic (exact) mass is 374 g/mol. The summed E-state index contributed by atoms with van der Waals surface area (Å²) in [5.41, 5.74) is 2.06. The molecule has 1 amide bonds. The molecule has 1 aliphatic rings. The van der Waals surface area contributed by atoms with Crippen LogP contribution >= 0.6 is 22.9 Å². The molecule has 0 saturated heterocycles. The molecule has 0 fully saturated rings. The number of carbonyl (C=O) groups is 1. The molecule has 2 heterocycles. The van der Waals surface area contributed by atoms with Gasteiger partial charge in [-0.2, -0.15) is 4.99 Å². The van der Waals surface area contributed by atoms with Crippen LogP contribution in [-0.2, 0) is 11.8 Å². The molecular formula is C18H15ClN2O3S. The number of halogens is 1. The molecule has 0 unspecified atom stereocenters. The summed E-state index contributed by atoms with van der Waals surface area (Å²) >= 11 is 7.55. The number of thiazole rings is 1. The van der Waals surface area contributed by atoms with Gasteiger partial charge in [0.2, 0.25) is 6.10 Å². The first-order chi connectivity index (χ1) is 12.0. The van der Waals surface area contributed by atoms with Crippen molar-refractivity contribution >= 4 is 39.1 Å². The Bertz CT molecular complexity index is 1050. The number of hydrogen-bond acceptors (Lipinski definition) is 4. The fourth-order valence-electron chi connectivity index (χ4n) is 2.88. The largest absolute Gasteiger partial charge is 0.485 e. The summed E-state index contributed by atoms with van der Waals surface area (Å²) < 4.78 is 14.2. The van der Waals surface area contributed by atoms with Gasteiger partial charge in [0, 0.05) is 12.1 Å². The molecular weight excluding hydrogens is 360 g/mol. The summed E-state index contributed by atoms with van der Waals surface area (Å²) in [7, 11) is 1.89. The van der Waals surface area contributed by atoms with Crippen molar-refractivity contribution < 1.29 is 14.3 Å². The van der Waals surface area contributed by atoms with Crippen LogP contribution in [-0.4, -0.2) is 23.2 Å². The van der Waals surface area contributed by atoms with E-state index >= 15 is 0 Å². The maximum atomic E-state index is 12.6. The summed E-state index contributed by atoms with van der Waals surface area (Å²) in [5.74, 6) is 0.843. The molecule has 25 heavy (non-hydrogen) atoms. The zero-order valence-corrected chi connectivity index (χ0v) is 15.2. The van der Waals surface area contributed by atoms with Crippen LogP contribution in [0.5, 0.6) is 11.5 Å². The molecule has 2 aromatic carbocycles. The van der Waals surface area contributed by atoms with Gasteiger partial charge in [0.1, 0.15) is 6.61 Å². The molecule has 0 radical (unpaired) electrons. The standard InChI is InChI=1S/C18H15ClN2O3S/c1-10-7-11(19)8-15-16(10)21(2)18(25-15)20-17(22)14-9-23-12-5-3-4-6-13(12)24-14/h3-8,14H,9H2,1-2H3/t14-/m1/s1. The molecule has 128 valence electrons. The molecule has 0 saturated carbocycles. The average Bonchev–Trinajstić information content (AvgIpc) is 2.90. The van der Waals surface area contributed by atoms with Crippen molar-refractivity contribution in [3.05, 3.63) is 51.8 Å². The summed E-state index contributed by atoms with van der Waals surface area (Å²) in [4.78, 5) is 17.4. The molecule has 7 heteroatoms. The molecule has 3 aromatic rings. The van der Waals surface area contributed by atoms with Gasteiger partial charge in [-0.25, -0.2) is 0 Å². The fraction of sp³-hybridized carbons (Fsp3) is 0.222. The van der Waals surface area contributed by atoms with E-state index in [2.05, 4.69) is 4.99 Å². The zero-order chi connectivity index (χ0) is 17.6. The van der Waals surface area contributed by atoms with Crippen LogP contribution in [0.25, 0.3) is 10.2 Å². The van der Waals surface area contributed by atoms with Gasteiger partial charge in [-0.05, 0) is 36.8 Å². The van der Waals surface area contributed by atoms with Gasteiger partial charge in [0.25, 0.3) is 5.91 Å². The average molecular weight is 375 g/mol. The number of fused-ring (bicyclic) bond motifs is 2. The predicted octanol–water partition coefficient (Wildman–Crippen LogP) is 3.47. The Morgan fingerprint density at radius 3 is 2.88 bits per heavy atom. The summed E-state index contributed by atoms with van der Waals surface area (Å²) in [5, 5.41) is 0.672. The maximum Gasteiger partial charge on any atom is 0.292 e. The molecule has 1 aliphatic heterocycles. The molecule has 0 spiro atoms. The van der Waals surface area contributed by atoms with Gasteiger partial charge < -0.3 is 14.0 Å². The number of para-hydroxylation sites is 2. The second-order valence-electron chi connectivity index (χ2n) is 5.83. The van der Waals surface area contributed by atoms with E-state index in [1.807, 2.05) is 48.9 Å². The molecule has 1 aromatic heterocycles. The van der Waals surface area contributed by atoms with E-state index in [-0.39, 0.29) is 12.5 Å². The smallest absolute Gasteiger partial charge is 0.292 e. The summed E-state index contributed by atoms with van der Waals surface area (Å²) in [6.07, 6.45) is -0.746. The molecule has 1 atom stereocenters. The molecule has 0 N–H and O–H groups in total. The Kier molecular flexibility index (Phi) is 4.01. The highest BCUT2D eigenvalue weighted by Gasteiger charge is 2.27. The minimum absolute atomic E-state index is 0.152. The Labute approximate surface area is 153 Å². The van der Waals surface area contributed by atoms with Crippen molar-refractivity contribution in [2.75, 3.05) is 6.61 Å².